The summed E-state index contributed by atoms with van der Waals surface area (Å²) in [7, 11) is 0. The first-order valence-corrected chi connectivity index (χ1v) is 9.04. The highest BCUT2D eigenvalue weighted by Gasteiger charge is 2.29. The van der Waals surface area contributed by atoms with Gasteiger partial charge in [-0.15, -0.1) is 0 Å². The van der Waals surface area contributed by atoms with Gasteiger partial charge in [0.25, 0.3) is 0 Å². The van der Waals surface area contributed by atoms with E-state index < -0.39 is 29.4 Å². The molecular weight excluding hydrogens is 395 g/mol. The number of nitrogens with one attached hydrogen (secondary N) is 2. The molecule has 2 amide bonds. The van der Waals surface area contributed by atoms with Gasteiger partial charge in [-0.25, -0.2) is 13.6 Å². The Bertz CT molecular complexity index is 804. The second-order valence-corrected chi connectivity index (χ2v) is 6.58. The number of halogens is 5. The molecule has 29 heavy (non-hydrogen) atoms. The van der Waals surface area contributed by atoms with Gasteiger partial charge in [0.2, 0.25) is 0 Å². The van der Waals surface area contributed by atoms with Gasteiger partial charge in [-0.2, -0.15) is 13.2 Å². The highest BCUT2D eigenvalue weighted by Crippen LogP contribution is 2.29. The SMILES string of the molecule is O=C(Nc1cccc(F)c1F)NC1CCCCC1.Oc1ccc(C(F)(F)F)cc1. The summed E-state index contributed by atoms with van der Waals surface area (Å²) in [6.07, 6.45) is 0.947. The van der Waals surface area contributed by atoms with Gasteiger partial charge in [-0.1, -0.05) is 25.3 Å². The van der Waals surface area contributed by atoms with Crippen molar-refractivity contribution in [2.75, 3.05) is 5.32 Å². The Hall–Kier alpha value is -2.84. The van der Waals surface area contributed by atoms with Gasteiger partial charge in [0.05, 0.1) is 11.3 Å². The zero-order chi connectivity index (χ0) is 21.4. The fourth-order valence-electron chi connectivity index (χ4n) is 2.84. The summed E-state index contributed by atoms with van der Waals surface area (Å²) in [5.41, 5.74) is -0.890. The van der Waals surface area contributed by atoms with Gasteiger partial charge < -0.3 is 15.7 Å². The topological polar surface area (TPSA) is 61.4 Å². The Morgan fingerprint density at radius 2 is 1.59 bits per heavy atom. The number of urea groups is 1. The van der Waals surface area contributed by atoms with Gasteiger partial charge in [-0.3, -0.25) is 0 Å². The van der Waals surface area contributed by atoms with Crippen LogP contribution >= 0.6 is 0 Å². The zero-order valence-electron chi connectivity index (χ0n) is 15.4. The number of hydrogen-bond donors (Lipinski definition) is 3. The number of phenolic OH excluding ortho intramolecular Hbond substituents is 1. The molecule has 0 bridgehead atoms. The number of carbonyl (C=O) groups is 1. The molecule has 9 heteroatoms. The van der Waals surface area contributed by atoms with E-state index in [0.29, 0.717) is 0 Å². The molecule has 0 aliphatic heterocycles. The van der Waals surface area contributed by atoms with Gasteiger partial charge >= 0.3 is 12.2 Å². The Balaban J connectivity index is 0.000000234. The third-order valence-corrected chi connectivity index (χ3v) is 4.33. The monoisotopic (exact) mass is 416 g/mol. The molecule has 0 heterocycles. The third kappa shape index (κ3) is 7.24. The minimum atomic E-state index is -4.33. The van der Waals surface area contributed by atoms with Crippen molar-refractivity contribution in [1.82, 2.24) is 5.32 Å². The summed E-state index contributed by atoms with van der Waals surface area (Å²) in [6.45, 7) is 0. The number of phenols is 1. The smallest absolute Gasteiger partial charge is 0.416 e. The van der Waals surface area contributed by atoms with Crippen molar-refractivity contribution >= 4 is 11.7 Å². The normalized spacial score (nSPS) is 14.5. The fourth-order valence-corrected chi connectivity index (χ4v) is 2.84. The van der Waals surface area contributed by atoms with E-state index in [1.165, 1.54) is 18.6 Å². The number of alkyl halides is 3. The average molecular weight is 416 g/mol. The molecule has 1 saturated carbocycles. The fraction of sp³-hybridized carbons (Fsp3) is 0.350. The van der Waals surface area contributed by atoms with Crippen LogP contribution in [0.4, 0.5) is 32.4 Å². The molecule has 0 unspecified atom stereocenters. The number of amides is 2. The minimum Gasteiger partial charge on any atom is -0.508 e. The highest BCUT2D eigenvalue weighted by atomic mass is 19.4. The number of benzene rings is 2. The zero-order valence-corrected chi connectivity index (χ0v) is 15.4. The van der Waals surface area contributed by atoms with E-state index in [1.807, 2.05) is 0 Å². The second-order valence-electron chi connectivity index (χ2n) is 6.58. The van der Waals surface area contributed by atoms with Crippen molar-refractivity contribution in [3.63, 3.8) is 0 Å². The molecule has 1 aliphatic carbocycles. The van der Waals surface area contributed by atoms with Crippen LogP contribution in [0.2, 0.25) is 0 Å². The summed E-state index contributed by atoms with van der Waals surface area (Å²) in [5.74, 6) is -2.17. The molecule has 4 nitrogen and oxygen atoms in total. The third-order valence-electron chi connectivity index (χ3n) is 4.33. The Kier molecular flexibility index (Phi) is 7.81. The van der Waals surface area contributed by atoms with Crippen LogP contribution in [-0.2, 0) is 6.18 Å². The van der Waals surface area contributed by atoms with Crippen LogP contribution in [-0.4, -0.2) is 17.2 Å². The van der Waals surface area contributed by atoms with Crippen molar-refractivity contribution in [2.24, 2.45) is 0 Å². The molecule has 3 N–H and O–H groups in total. The first-order valence-electron chi connectivity index (χ1n) is 9.04. The predicted molar refractivity (Wildman–Crippen MR) is 98.5 cm³/mol. The highest BCUT2D eigenvalue weighted by molar-refractivity contribution is 5.89. The van der Waals surface area contributed by atoms with Crippen LogP contribution in [0.1, 0.15) is 37.7 Å². The van der Waals surface area contributed by atoms with E-state index in [9.17, 15) is 26.7 Å². The lowest BCUT2D eigenvalue weighted by molar-refractivity contribution is -0.137. The number of hydrogen-bond acceptors (Lipinski definition) is 2. The Labute approximate surface area is 164 Å². The summed E-state index contributed by atoms with van der Waals surface area (Å²) in [4.78, 5) is 11.6. The number of anilines is 1. The number of rotatable bonds is 2. The maximum absolute atomic E-state index is 13.3. The molecule has 2 aromatic carbocycles. The maximum Gasteiger partial charge on any atom is 0.416 e. The van der Waals surface area contributed by atoms with E-state index in [0.717, 1.165) is 56.0 Å². The van der Waals surface area contributed by atoms with Crippen LogP contribution in [0.25, 0.3) is 0 Å². The summed E-state index contributed by atoms with van der Waals surface area (Å²) < 4.78 is 61.8. The average Bonchev–Trinajstić information content (AvgIpc) is 2.66. The Morgan fingerprint density at radius 3 is 2.17 bits per heavy atom. The first kappa shape index (κ1) is 22.4. The molecule has 0 radical (unpaired) electrons. The predicted octanol–water partition coefficient (Wildman–Crippen LogP) is 5.83. The summed E-state index contributed by atoms with van der Waals surface area (Å²) >= 11 is 0. The molecule has 0 spiro atoms. The maximum atomic E-state index is 13.3. The molecule has 0 atom stereocenters. The van der Waals surface area contributed by atoms with Gasteiger partial charge in [0.15, 0.2) is 11.6 Å². The first-order chi connectivity index (χ1) is 13.7. The van der Waals surface area contributed by atoms with E-state index in [-0.39, 0.29) is 17.5 Å². The van der Waals surface area contributed by atoms with Crippen molar-refractivity contribution < 1.29 is 31.9 Å². The van der Waals surface area contributed by atoms with Crippen LogP contribution < -0.4 is 10.6 Å². The summed E-state index contributed by atoms with van der Waals surface area (Å²) in [6, 6.07) is 7.02. The van der Waals surface area contributed by atoms with Crippen LogP contribution in [0.3, 0.4) is 0 Å². The molecule has 0 aromatic heterocycles. The molecule has 3 rings (SSSR count). The molecule has 1 fully saturated rings. The van der Waals surface area contributed by atoms with Crippen molar-refractivity contribution in [1.29, 1.82) is 0 Å². The molecule has 1 aliphatic rings. The number of carbonyl (C=O) groups excluding carboxylic acids is 1. The second kappa shape index (κ2) is 10.1. The van der Waals surface area contributed by atoms with Gasteiger partial charge in [0.1, 0.15) is 5.75 Å². The van der Waals surface area contributed by atoms with Gasteiger partial charge in [0, 0.05) is 6.04 Å². The molecular formula is C20H21F5N2O2. The molecule has 2 aromatic rings. The van der Waals surface area contributed by atoms with Crippen LogP contribution in [0, 0.1) is 11.6 Å². The van der Waals surface area contributed by atoms with Crippen LogP contribution in [0.15, 0.2) is 42.5 Å². The lowest BCUT2D eigenvalue weighted by Gasteiger charge is -2.22. The quantitative estimate of drug-likeness (QED) is 0.540. The standard InChI is InChI=1S/C13H16F2N2O.C7H5F3O/c14-10-7-4-8-11(12(10)15)17-13(18)16-9-5-2-1-3-6-9;8-7(9,10)5-1-3-6(11)4-2-5/h4,7-9H,1-3,5-6H2,(H2,16,17,18);1-4,11H. The van der Waals surface area contributed by atoms with Crippen molar-refractivity contribution in [3.05, 3.63) is 59.7 Å². The summed E-state index contributed by atoms with van der Waals surface area (Å²) in [5, 5.41) is 13.8. The number of aromatic hydroxyl groups is 1. The molecule has 158 valence electrons. The lowest BCUT2D eigenvalue weighted by Crippen LogP contribution is -2.39. The van der Waals surface area contributed by atoms with Crippen molar-refractivity contribution in [3.8, 4) is 5.75 Å². The van der Waals surface area contributed by atoms with Gasteiger partial charge in [-0.05, 0) is 49.2 Å². The Morgan fingerprint density at radius 1 is 0.966 bits per heavy atom. The van der Waals surface area contributed by atoms with E-state index in [1.54, 1.807) is 0 Å². The van der Waals surface area contributed by atoms with E-state index in [2.05, 4.69) is 10.6 Å². The molecule has 0 saturated heterocycles. The van der Waals surface area contributed by atoms with Crippen molar-refractivity contribution in [2.45, 2.75) is 44.3 Å². The largest absolute Gasteiger partial charge is 0.508 e. The van der Waals surface area contributed by atoms with Crippen LogP contribution in [0.5, 0.6) is 5.75 Å². The van der Waals surface area contributed by atoms with E-state index in [4.69, 9.17) is 5.11 Å². The lowest BCUT2D eigenvalue weighted by atomic mass is 9.96. The van der Waals surface area contributed by atoms with E-state index >= 15 is 0 Å². The minimum absolute atomic E-state index is 0.135.